The normalized spacial score (nSPS) is 35.8. The molecule has 2 N–H and O–H groups in total. The number of hydrogen-bond acceptors (Lipinski definition) is 3. The monoisotopic (exact) mass is 212 g/mol. The topological polar surface area (TPSA) is 38.5 Å². The quantitative estimate of drug-likeness (QED) is 0.764. The van der Waals surface area contributed by atoms with Gasteiger partial charge in [-0.15, -0.1) is 0 Å². The molecular weight excluding hydrogens is 188 g/mol. The predicted octanol–water partition coefficient (Wildman–Crippen LogP) is 1.22. The Morgan fingerprint density at radius 2 is 1.87 bits per heavy atom. The van der Waals surface area contributed by atoms with Gasteiger partial charge in [0.05, 0.1) is 12.2 Å². The third-order valence-corrected chi connectivity index (χ3v) is 4.42. The van der Waals surface area contributed by atoms with E-state index >= 15 is 0 Å². The Bertz CT molecular complexity index is 220. The minimum Gasteiger partial charge on any atom is -0.372 e. The molecule has 2 rings (SSSR count). The molecule has 2 aliphatic heterocycles. The predicted molar refractivity (Wildman–Crippen MR) is 61.8 cm³/mol. The van der Waals surface area contributed by atoms with Crippen LogP contribution in [0.5, 0.6) is 0 Å². The molecule has 0 aromatic carbocycles. The van der Waals surface area contributed by atoms with Crippen LogP contribution in [0.3, 0.4) is 0 Å². The van der Waals surface area contributed by atoms with Gasteiger partial charge in [0.25, 0.3) is 0 Å². The van der Waals surface area contributed by atoms with Crippen molar-refractivity contribution in [2.75, 3.05) is 19.6 Å². The van der Waals surface area contributed by atoms with E-state index in [2.05, 4.69) is 25.7 Å². The van der Waals surface area contributed by atoms with E-state index in [0.29, 0.717) is 18.1 Å². The molecule has 2 fully saturated rings. The van der Waals surface area contributed by atoms with Gasteiger partial charge in [0.15, 0.2) is 0 Å². The van der Waals surface area contributed by atoms with Gasteiger partial charge >= 0.3 is 0 Å². The zero-order valence-corrected chi connectivity index (χ0v) is 10.2. The lowest BCUT2D eigenvalue weighted by atomic mass is 9.86. The minimum atomic E-state index is 0.143. The molecule has 3 unspecified atom stereocenters. The number of rotatable bonds is 3. The first kappa shape index (κ1) is 11.4. The highest BCUT2D eigenvalue weighted by Crippen LogP contribution is 2.33. The summed E-state index contributed by atoms with van der Waals surface area (Å²) in [5.41, 5.74) is 6.11. The number of likely N-dealkylation sites (tertiary alicyclic amines) is 1. The number of hydrogen-bond donors (Lipinski definition) is 1. The van der Waals surface area contributed by atoms with Gasteiger partial charge in [-0.05, 0) is 25.7 Å². The van der Waals surface area contributed by atoms with Gasteiger partial charge < -0.3 is 10.5 Å². The van der Waals surface area contributed by atoms with Crippen molar-refractivity contribution in [1.29, 1.82) is 0 Å². The summed E-state index contributed by atoms with van der Waals surface area (Å²) < 4.78 is 5.86. The largest absolute Gasteiger partial charge is 0.372 e. The van der Waals surface area contributed by atoms with E-state index in [1.807, 2.05) is 0 Å². The minimum absolute atomic E-state index is 0.143. The number of nitrogens with two attached hydrogens (primary N) is 1. The molecule has 0 radical (unpaired) electrons. The van der Waals surface area contributed by atoms with Crippen molar-refractivity contribution >= 4 is 0 Å². The standard InChI is InChI=1S/C12H24N2O/c1-9(2)12(3,8-13)14-6-10-4-5-11(7-14)15-10/h9-11H,4-8,13H2,1-3H3. The first-order valence-corrected chi connectivity index (χ1v) is 6.17. The Balaban J connectivity index is 2.09. The summed E-state index contributed by atoms with van der Waals surface area (Å²) in [6.45, 7) is 9.71. The fraction of sp³-hybridized carbons (Fsp3) is 1.00. The van der Waals surface area contributed by atoms with Crippen molar-refractivity contribution in [2.45, 2.75) is 51.4 Å². The molecule has 3 nitrogen and oxygen atoms in total. The van der Waals surface area contributed by atoms with Gasteiger partial charge in [0.1, 0.15) is 0 Å². The molecule has 88 valence electrons. The van der Waals surface area contributed by atoms with E-state index in [0.717, 1.165) is 19.6 Å². The molecule has 2 bridgehead atoms. The summed E-state index contributed by atoms with van der Waals surface area (Å²) in [5, 5.41) is 0. The fourth-order valence-electron chi connectivity index (χ4n) is 2.76. The third kappa shape index (κ3) is 1.93. The van der Waals surface area contributed by atoms with E-state index < -0.39 is 0 Å². The molecule has 0 aromatic rings. The summed E-state index contributed by atoms with van der Waals surface area (Å²) >= 11 is 0. The molecule has 15 heavy (non-hydrogen) atoms. The second-order valence-corrected chi connectivity index (χ2v) is 5.58. The van der Waals surface area contributed by atoms with E-state index in [-0.39, 0.29) is 5.54 Å². The fourth-order valence-corrected chi connectivity index (χ4v) is 2.76. The van der Waals surface area contributed by atoms with E-state index in [4.69, 9.17) is 10.5 Å². The van der Waals surface area contributed by atoms with Crippen molar-refractivity contribution in [3.05, 3.63) is 0 Å². The molecule has 2 saturated heterocycles. The molecule has 0 spiro atoms. The SMILES string of the molecule is CC(C)C(C)(CN)N1CC2CCC(C1)O2. The second-order valence-electron chi connectivity index (χ2n) is 5.58. The zero-order valence-electron chi connectivity index (χ0n) is 10.2. The van der Waals surface area contributed by atoms with Gasteiger partial charge in [-0.2, -0.15) is 0 Å². The van der Waals surface area contributed by atoms with Crippen LogP contribution in [0.15, 0.2) is 0 Å². The summed E-state index contributed by atoms with van der Waals surface area (Å²) in [6.07, 6.45) is 3.40. The van der Waals surface area contributed by atoms with Crippen molar-refractivity contribution in [3.8, 4) is 0 Å². The van der Waals surface area contributed by atoms with Crippen molar-refractivity contribution in [1.82, 2.24) is 4.90 Å². The zero-order chi connectivity index (χ0) is 11.1. The molecule has 0 saturated carbocycles. The van der Waals surface area contributed by atoms with Crippen LogP contribution < -0.4 is 5.73 Å². The van der Waals surface area contributed by atoms with Crippen LogP contribution in [0.1, 0.15) is 33.6 Å². The number of morpholine rings is 1. The second kappa shape index (κ2) is 4.04. The molecule has 3 heteroatoms. The van der Waals surface area contributed by atoms with Crippen molar-refractivity contribution < 1.29 is 4.74 Å². The average molecular weight is 212 g/mol. The Morgan fingerprint density at radius 3 is 2.27 bits per heavy atom. The summed E-state index contributed by atoms with van der Waals surface area (Å²) in [6, 6.07) is 0. The maximum atomic E-state index is 5.97. The smallest absolute Gasteiger partial charge is 0.0707 e. The van der Waals surface area contributed by atoms with E-state index in [1.165, 1.54) is 12.8 Å². The van der Waals surface area contributed by atoms with Gasteiger partial charge in [-0.25, -0.2) is 0 Å². The lowest BCUT2D eigenvalue weighted by Crippen LogP contribution is -2.60. The molecule has 0 aliphatic carbocycles. The first-order chi connectivity index (χ1) is 7.06. The van der Waals surface area contributed by atoms with Crippen LogP contribution in [-0.4, -0.2) is 42.3 Å². The van der Waals surface area contributed by atoms with Crippen molar-refractivity contribution in [2.24, 2.45) is 11.7 Å². The summed E-state index contributed by atoms with van der Waals surface area (Å²) in [5.74, 6) is 0.597. The molecule has 2 aliphatic rings. The lowest BCUT2D eigenvalue weighted by Gasteiger charge is -2.47. The Hall–Kier alpha value is -0.120. The molecule has 0 aromatic heterocycles. The van der Waals surface area contributed by atoms with E-state index in [9.17, 15) is 0 Å². The van der Waals surface area contributed by atoms with Crippen LogP contribution in [-0.2, 0) is 4.74 Å². The molecule has 0 amide bonds. The maximum Gasteiger partial charge on any atom is 0.0707 e. The highest BCUT2D eigenvalue weighted by molar-refractivity contribution is 4.96. The highest BCUT2D eigenvalue weighted by Gasteiger charge is 2.42. The summed E-state index contributed by atoms with van der Waals surface area (Å²) in [7, 11) is 0. The summed E-state index contributed by atoms with van der Waals surface area (Å²) in [4.78, 5) is 2.56. The van der Waals surface area contributed by atoms with Gasteiger partial charge in [-0.3, -0.25) is 4.90 Å². The number of nitrogens with zero attached hydrogens (tertiary/aromatic N) is 1. The molecular formula is C12H24N2O. The van der Waals surface area contributed by atoms with Crippen molar-refractivity contribution in [3.63, 3.8) is 0 Å². The van der Waals surface area contributed by atoms with Crippen LogP contribution in [0.25, 0.3) is 0 Å². The van der Waals surface area contributed by atoms with Crippen LogP contribution in [0, 0.1) is 5.92 Å². The Morgan fingerprint density at radius 1 is 1.33 bits per heavy atom. The first-order valence-electron chi connectivity index (χ1n) is 6.17. The van der Waals surface area contributed by atoms with Gasteiger partial charge in [0.2, 0.25) is 0 Å². The van der Waals surface area contributed by atoms with Crippen LogP contribution >= 0.6 is 0 Å². The lowest BCUT2D eigenvalue weighted by molar-refractivity contribution is -0.0831. The Labute approximate surface area is 93.0 Å². The number of ether oxygens (including phenoxy) is 1. The van der Waals surface area contributed by atoms with Gasteiger partial charge in [0, 0.05) is 25.2 Å². The van der Waals surface area contributed by atoms with Gasteiger partial charge in [-0.1, -0.05) is 13.8 Å². The van der Waals surface area contributed by atoms with Crippen LogP contribution in [0.4, 0.5) is 0 Å². The third-order valence-electron chi connectivity index (χ3n) is 4.42. The Kier molecular flexibility index (Phi) is 3.06. The maximum absolute atomic E-state index is 5.97. The number of fused-ring (bicyclic) bond motifs is 2. The molecule has 2 heterocycles. The highest BCUT2D eigenvalue weighted by atomic mass is 16.5. The van der Waals surface area contributed by atoms with Crippen LogP contribution in [0.2, 0.25) is 0 Å². The molecule has 3 atom stereocenters. The average Bonchev–Trinajstić information content (AvgIpc) is 2.56. The van der Waals surface area contributed by atoms with E-state index in [1.54, 1.807) is 0 Å².